The quantitative estimate of drug-likeness (QED) is 0.326. The number of nitrogens with one attached hydrogen (secondary N) is 1. The Bertz CT molecular complexity index is 1230. The van der Waals surface area contributed by atoms with Gasteiger partial charge in [-0.1, -0.05) is 36.4 Å². The molecule has 5 N–H and O–H groups in total. The maximum absolute atomic E-state index is 9.38. The summed E-state index contributed by atoms with van der Waals surface area (Å²) in [7, 11) is -0.0199. The highest BCUT2D eigenvalue weighted by Gasteiger charge is 2.16. The molecule has 0 saturated heterocycles. The van der Waals surface area contributed by atoms with Crippen molar-refractivity contribution in [2.24, 2.45) is 5.73 Å². The van der Waals surface area contributed by atoms with Crippen LogP contribution in [0.2, 0.25) is 0 Å². The lowest BCUT2D eigenvalue weighted by molar-refractivity contribution is 0.391. The number of fused-ring (bicyclic) bond motifs is 1. The van der Waals surface area contributed by atoms with E-state index in [9.17, 15) is 10.0 Å². The van der Waals surface area contributed by atoms with Crippen molar-refractivity contribution in [1.29, 1.82) is 0 Å². The van der Waals surface area contributed by atoms with Gasteiger partial charge in [-0.25, -0.2) is 0 Å². The van der Waals surface area contributed by atoms with E-state index < -0.39 is 7.12 Å². The fraction of sp³-hybridized carbons (Fsp3) is 0.190. The summed E-state index contributed by atoms with van der Waals surface area (Å²) in [5.74, 6) is 1.10. The molecule has 158 valence electrons. The minimum Gasteiger partial charge on any atom is -0.477 e. The molecule has 0 spiro atoms. The molecule has 4 aromatic rings. The van der Waals surface area contributed by atoms with E-state index in [1.165, 1.54) is 7.11 Å². The van der Waals surface area contributed by atoms with E-state index in [4.69, 9.17) is 10.5 Å². The summed E-state index contributed by atoms with van der Waals surface area (Å²) in [6.45, 7) is 2.81. The third kappa shape index (κ3) is 4.08. The smallest absolute Gasteiger partial charge is 0.477 e. The SMILES string of the molecule is COc1nnc(-n2c(C)cc3c(CN)cccc32)nc1NCc1cccc(B(O)O)c1. The maximum atomic E-state index is 9.38. The van der Waals surface area contributed by atoms with Gasteiger partial charge in [0, 0.05) is 24.2 Å². The van der Waals surface area contributed by atoms with Gasteiger partial charge in [-0.3, -0.25) is 4.57 Å². The van der Waals surface area contributed by atoms with Gasteiger partial charge in [0.2, 0.25) is 0 Å². The van der Waals surface area contributed by atoms with Gasteiger partial charge >= 0.3 is 7.12 Å². The second-order valence-electron chi connectivity index (χ2n) is 7.12. The minimum atomic E-state index is -1.52. The van der Waals surface area contributed by atoms with Crippen LogP contribution >= 0.6 is 0 Å². The highest BCUT2D eigenvalue weighted by atomic mass is 16.5. The van der Waals surface area contributed by atoms with Gasteiger partial charge in [0.1, 0.15) is 0 Å². The first-order valence-corrected chi connectivity index (χ1v) is 9.79. The number of benzene rings is 2. The van der Waals surface area contributed by atoms with Crippen LogP contribution in [0.25, 0.3) is 16.9 Å². The van der Waals surface area contributed by atoms with Crippen LogP contribution < -0.4 is 21.3 Å². The van der Waals surface area contributed by atoms with Crippen molar-refractivity contribution in [1.82, 2.24) is 19.7 Å². The van der Waals surface area contributed by atoms with Gasteiger partial charge in [-0.2, -0.15) is 4.98 Å². The molecule has 0 unspecified atom stereocenters. The first-order chi connectivity index (χ1) is 15.0. The molecule has 0 atom stereocenters. The van der Waals surface area contributed by atoms with Crippen LogP contribution in [0.1, 0.15) is 16.8 Å². The van der Waals surface area contributed by atoms with Crippen molar-refractivity contribution < 1.29 is 14.8 Å². The Labute approximate surface area is 179 Å². The van der Waals surface area contributed by atoms with Crippen molar-refractivity contribution in [3.8, 4) is 11.8 Å². The van der Waals surface area contributed by atoms with Gasteiger partial charge in [0.15, 0.2) is 5.82 Å². The molecule has 2 heterocycles. The van der Waals surface area contributed by atoms with E-state index in [2.05, 4.69) is 26.6 Å². The number of aryl methyl sites for hydroxylation is 1. The predicted octanol–water partition coefficient (Wildman–Crippen LogP) is 0.883. The van der Waals surface area contributed by atoms with Crippen LogP contribution in [0.15, 0.2) is 48.5 Å². The van der Waals surface area contributed by atoms with E-state index >= 15 is 0 Å². The highest BCUT2D eigenvalue weighted by molar-refractivity contribution is 6.58. The normalized spacial score (nSPS) is 11.0. The van der Waals surface area contributed by atoms with Crippen molar-refractivity contribution in [2.75, 3.05) is 12.4 Å². The number of ether oxygens (including phenoxy) is 1. The van der Waals surface area contributed by atoms with E-state index in [0.717, 1.165) is 27.7 Å². The molecule has 0 aliphatic carbocycles. The Balaban J connectivity index is 1.70. The monoisotopic (exact) mass is 418 g/mol. The zero-order valence-corrected chi connectivity index (χ0v) is 17.3. The highest BCUT2D eigenvalue weighted by Crippen LogP contribution is 2.27. The second-order valence-corrected chi connectivity index (χ2v) is 7.12. The van der Waals surface area contributed by atoms with Gasteiger partial charge in [0.05, 0.1) is 12.6 Å². The van der Waals surface area contributed by atoms with Gasteiger partial charge in [-0.15, -0.1) is 10.2 Å². The Morgan fingerprint density at radius 3 is 2.68 bits per heavy atom. The molecule has 9 nitrogen and oxygen atoms in total. The van der Waals surface area contributed by atoms with Crippen LogP contribution in [0.5, 0.6) is 5.88 Å². The molecule has 0 bridgehead atoms. The standard InChI is InChI=1S/C21H23BN6O3/c1-13-9-17-15(11-23)6-4-8-18(17)28(13)21-25-19(20(31-2)26-27-21)24-12-14-5-3-7-16(10-14)22(29)30/h3-10,29-30H,11-12,23H2,1-2H3,(H,24,25,27). The maximum Gasteiger partial charge on any atom is 0.488 e. The van der Waals surface area contributed by atoms with Crippen LogP contribution in [0.4, 0.5) is 5.82 Å². The Hall–Kier alpha value is -3.47. The van der Waals surface area contributed by atoms with E-state index in [1.54, 1.807) is 18.2 Å². The number of aromatic nitrogens is 4. The average Bonchev–Trinajstić information content (AvgIpc) is 3.13. The van der Waals surface area contributed by atoms with Gasteiger partial charge in [0.25, 0.3) is 11.8 Å². The summed E-state index contributed by atoms with van der Waals surface area (Å²) in [6.07, 6.45) is 0. The molecule has 0 aliphatic rings. The molecule has 2 aromatic heterocycles. The third-order valence-corrected chi connectivity index (χ3v) is 5.09. The van der Waals surface area contributed by atoms with Crippen molar-refractivity contribution >= 4 is 29.3 Å². The minimum absolute atomic E-state index is 0.263. The number of hydrogen-bond acceptors (Lipinski definition) is 8. The summed E-state index contributed by atoms with van der Waals surface area (Å²) in [5.41, 5.74) is 10.1. The van der Waals surface area contributed by atoms with Crippen LogP contribution in [0, 0.1) is 6.92 Å². The summed E-state index contributed by atoms with van der Waals surface area (Å²) in [6, 6.07) is 15.0. The fourth-order valence-electron chi connectivity index (χ4n) is 3.57. The molecule has 4 rings (SSSR count). The molecule has 2 aromatic carbocycles. The zero-order valence-electron chi connectivity index (χ0n) is 17.3. The Morgan fingerprint density at radius 1 is 1.13 bits per heavy atom. The van der Waals surface area contributed by atoms with E-state index in [1.807, 2.05) is 35.8 Å². The lowest BCUT2D eigenvalue weighted by atomic mass is 9.80. The molecule has 0 fully saturated rings. The molecular weight excluding hydrogens is 395 g/mol. The summed E-state index contributed by atoms with van der Waals surface area (Å²) in [4.78, 5) is 4.65. The van der Waals surface area contributed by atoms with Crippen molar-refractivity contribution in [2.45, 2.75) is 20.0 Å². The third-order valence-electron chi connectivity index (χ3n) is 5.09. The second kappa shape index (κ2) is 8.72. The van der Waals surface area contributed by atoms with Crippen LogP contribution in [-0.2, 0) is 13.1 Å². The molecule has 31 heavy (non-hydrogen) atoms. The number of nitrogens with two attached hydrogens (primary N) is 1. The number of hydrogen-bond donors (Lipinski definition) is 4. The van der Waals surface area contributed by atoms with Gasteiger partial charge in [-0.05, 0) is 35.6 Å². The van der Waals surface area contributed by atoms with Gasteiger partial charge < -0.3 is 25.8 Å². The average molecular weight is 418 g/mol. The molecule has 0 amide bonds. The van der Waals surface area contributed by atoms with E-state index in [0.29, 0.717) is 30.3 Å². The van der Waals surface area contributed by atoms with Crippen LogP contribution in [-0.4, -0.2) is 44.0 Å². The summed E-state index contributed by atoms with van der Waals surface area (Å²) >= 11 is 0. The number of methoxy groups -OCH3 is 1. The fourth-order valence-corrected chi connectivity index (χ4v) is 3.57. The number of rotatable bonds is 7. The van der Waals surface area contributed by atoms with E-state index in [-0.39, 0.29) is 5.88 Å². The Kier molecular flexibility index (Phi) is 5.85. The summed E-state index contributed by atoms with van der Waals surface area (Å²) in [5, 5.41) is 31.4. The predicted molar refractivity (Wildman–Crippen MR) is 119 cm³/mol. The molecule has 10 heteroatoms. The molecule has 0 aliphatic heterocycles. The molecule has 0 saturated carbocycles. The number of anilines is 1. The van der Waals surface area contributed by atoms with Crippen molar-refractivity contribution in [3.63, 3.8) is 0 Å². The summed E-state index contributed by atoms with van der Waals surface area (Å²) < 4.78 is 7.24. The topological polar surface area (TPSA) is 131 Å². The number of nitrogens with zero attached hydrogens (tertiary/aromatic N) is 4. The largest absolute Gasteiger partial charge is 0.488 e. The first-order valence-electron chi connectivity index (χ1n) is 9.79. The molecule has 0 radical (unpaired) electrons. The lowest BCUT2D eigenvalue weighted by Crippen LogP contribution is -2.30. The van der Waals surface area contributed by atoms with Crippen molar-refractivity contribution in [3.05, 3.63) is 65.4 Å². The van der Waals surface area contributed by atoms with Crippen LogP contribution in [0.3, 0.4) is 0 Å². The first kappa shape index (κ1) is 20.8. The lowest BCUT2D eigenvalue weighted by Gasteiger charge is -2.12. The molecular formula is C21H23BN6O3. The Morgan fingerprint density at radius 2 is 1.94 bits per heavy atom. The zero-order chi connectivity index (χ0) is 22.0.